The molecule has 19 heavy (non-hydrogen) atoms. The summed E-state index contributed by atoms with van der Waals surface area (Å²) in [4.78, 5) is 26.0. The molecule has 1 aromatic rings. The Bertz CT molecular complexity index is 576. The summed E-state index contributed by atoms with van der Waals surface area (Å²) in [7, 11) is 0. The van der Waals surface area contributed by atoms with Crippen molar-refractivity contribution in [2.45, 2.75) is 31.7 Å². The van der Waals surface area contributed by atoms with Crippen molar-refractivity contribution in [2.24, 2.45) is 11.8 Å². The number of rotatable bonds is 1. The number of fused-ring (bicyclic) bond motifs is 2. The highest BCUT2D eigenvalue weighted by Crippen LogP contribution is 2.51. The van der Waals surface area contributed by atoms with E-state index in [-0.39, 0.29) is 29.7 Å². The fourth-order valence-electron chi connectivity index (χ4n) is 3.59. The number of anilines is 1. The third-order valence-electron chi connectivity index (χ3n) is 4.66. The number of nitrogens with zero attached hydrogens (tertiary/aromatic N) is 1. The standard InChI is InChI=1S/C15H16N2O2/c16-9-4-5-10-8(6-9)2-1-3-13(10)17-14(18)11-7-12(11)15(17)19/h4-6,11-13H,1-3,7,16H2. The van der Waals surface area contributed by atoms with Crippen LogP contribution in [0.25, 0.3) is 0 Å². The largest absolute Gasteiger partial charge is 0.399 e. The molecule has 0 spiro atoms. The van der Waals surface area contributed by atoms with Gasteiger partial charge in [0, 0.05) is 5.69 Å². The first kappa shape index (κ1) is 11.0. The molecule has 4 nitrogen and oxygen atoms in total. The van der Waals surface area contributed by atoms with E-state index in [4.69, 9.17) is 5.73 Å². The van der Waals surface area contributed by atoms with Crippen LogP contribution in [0.5, 0.6) is 0 Å². The summed E-state index contributed by atoms with van der Waals surface area (Å²) in [5.74, 6) is 0.0765. The molecule has 1 saturated carbocycles. The lowest BCUT2D eigenvalue weighted by Gasteiger charge is -2.33. The van der Waals surface area contributed by atoms with Gasteiger partial charge in [-0.1, -0.05) is 6.07 Å². The Labute approximate surface area is 111 Å². The van der Waals surface area contributed by atoms with E-state index in [9.17, 15) is 9.59 Å². The van der Waals surface area contributed by atoms with E-state index in [1.807, 2.05) is 18.2 Å². The van der Waals surface area contributed by atoms with Crippen molar-refractivity contribution >= 4 is 17.5 Å². The fourth-order valence-corrected chi connectivity index (χ4v) is 3.59. The third kappa shape index (κ3) is 1.46. The first-order valence-electron chi connectivity index (χ1n) is 6.92. The number of piperidine rings is 1. The molecule has 2 amide bonds. The van der Waals surface area contributed by atoms with Gasteiger partial charge < -0.3 is 5.73 Å². The molecule has 1 heterocycles. The van der Waals surface area contributed by atoms with E-state index in [0.29, 0.717) is 0 Å². The van der Waals surface area contributed by atoms with Crippen LogP contribution in [0.1, 0.15) is 36.4 Å². The SMILES string of the molecule is Nc1ccc2c(c1)CCCC2N1C(=O)C2CC2C1=O. The van der Waals surface area contributed by atoms with Crippen LogP contribution in [0, 0.1) is 11.8 Å². The zero-order valence-electron chi connectivity index (χ0n) is 10.6. The highest BCUT2D eigenvalue weighted by molar-refractivity contribution is 6.09. The molecule has 1 saturated heterocycles. The number of carbonyl (C=O) groups excluding carboxylic acids is 2. The Morgan fingerprint density at radius 1 is 1.16 bits per heavy atom. The van der Waals surface area contributed by atoms with Crippen LogP contribution in [0.15, 0.2) is 18.2 Å². The monoisotopic (exact) mass is 256 g/mol. The van der Waals surface area contributed by atoms with Gasteiger partial charge in [0.15, 0.2) is 0 Å². The van der Waals surface area contributed by atoms with Gasteiger partial charge in [0.25, 0.3) is 0 Å². The van der Waals surface area contributed by atoms with E-state index in [0.717, 1.165) is 36.9 Å². The van der Waals surface area contributed by atoms with Crippen molar-refractivity contribution in [2.75, 3.05) is 5.73 Å². The number of carbonyl (C=O) groups is 2. The van der Waals surface area contributed by atoms with Crippen LogP contribution in [-0.4, -0.2) is 16.7 Å². The molecule has 3 unspecified atom stereocenters. The number of hydrogen-bond acceptors (Lipinski definition) is 3. The molecule has 2 aliphatic carbocycles. The smallest absolute Gasteiger partial charge is 0.233 e. The molecule has 2 N–H and O–H groups in total. The zero-order valence-corrected chi connectivity index (χ0v) is 10.6. The number of aryl methyl sites for hydroxylation is 1. The van der Waals surface area contributed by atoms with Crippen molar-refractivity contribution < 1.29 is 9.59 Å². The number of nitrogens with two attached hydrogens (primary N) is 1. The maximum Gasteiger partial charge on any atom is 0.233 e. The normalized spacial score (nSPS) is 32.2. The minimum absolute atomic E-state index is 0.00772. The van der Waals surface area contributed by atoms with Gasteiger partial charge in [-0.25, -0.2) is 0 Å². The summed E-state index contributed by atoms with van der Waals surface area (Å²) in [6, 6.07) is 5.77. The number of likely N-dealkylation sites (tertiary alicyclic amines) is 1. The Morgan fingerprint density at radius 3 is 2.63 bits per heavy atom. The van der Waals surface area contributed by atoms with Crippen molar-refractivity contribution in [3.63, 3.8) is 0 Å². The molecule has 98 valence electrons. The second-order valence-electron chi connectivity index (χ2n) is 5.86. The third-order valence-corrected chi connectivity index (χ3v) is 4.66. The van der Waals surface area contributed by atoms with Crippen LogP contribution < -0.4 is 5.73 Å². The molecule has 0 bridgehead atoms. The number of hydrogen-bond donors (Lipinski definition) is 1. The Balaban J connectivity index is 1.74. The fraction of sp³-hybridized carbons (Fsp3) is 0.467. The van der Waals surface area contributed by atoms with Crippen molar-refractivity contribution in [3.8, 4) is 0 Å². The molecule has 3 aliphatic rings. The molecular weight excluding hydrogens is 240 g/mol. The molecule has 3 atom stereocenters. The van der Waals surface area contributed by atoms with Gasteiger partial charge in [0.1, 0.15) is 0 Å². The van der Waals surface area contributed by atoms with E-state index in [2.05, 4.69) is 0 Å². The van der Waals surface area contributed by atoms with Crippen molar-refractivity contribution in [1.82, 2.24) is 4.90 Å². The van der Waals surface area contributed by atoms with Gasteiger partial charge in [-0.05, 0) is 48.9 Å². The molecule has 0 aromatic heterocycles. The van der Waals surface area contributed by atoms with Crippen LogP contribution in [-0.2, 0) is 16.0 Å². The van der Waals surface area contributed by atoms with Gasteiger partial charge in [-0.15, -0.1) is 0 Å². The van der Waals surface area contributed by atoms with E-state index in [1.54, 1.807) is 0 Å². The summed E-state index contributed by atoms with van der Waals surface area (Å²) in [5, 5.41) is 0. The van der Waals surface area contributed by atoms with Gasteiger partial charge in [0.2, 0.25) is 11.8 Å². The quantitative estimate of drug-likeness (QED) is 0.614. The van der Waals surface area contributed by atoms with Crippen molar-refractivity contribution in [3.05, 3.63) is 29.3 Å². The second kappa shape index (κ2) is 3.59. The van der Waals surface area contributed by atoms with E-state index in [1.165, 1.54) is 10.5 Å². The lowest BCUT2D eigenvalue weighted by atomic mass is 9.86. The predicted molar refractivity (Wildman–Crippen MR) is 70.0 cm³/mol. The van der Waals surface area contributed by atoms with Crippen molar-refractivity contribution in [1.29, 1.82) is 0 Å². The highest BCUT2D eigenvalue weighted by atomic mass is 16.2. The molecule has 1 aliphatic heterocycles. The number of nitrogen functional groups attached to an aromatic ring is 1. The average molecular weight is 256 g/mol. The minimum atomic E-state index is -0.0582. The van der Waals surface area contributed by atoms with Crippen LogP contribution in [0.4, 0.5) is 5.69 Å². The van der Waals surface area contributed by atoms with Crippen LogP contribution in [0.3, 0.4) is 0 Å². The maximum absolute atomic E-state index is 12.2. The first-order chi connectivity index (χ1) is 9.16. The van der Waals surface area contributed by atoms with Crippen LogP contribution >= 0.6 is 0 Å². The Kier molecular flexibility index (Phi) is 2.08. The number of amides is 2. The molecule has 0 radical (unpaired) electrons. The lowest BCUT2D eigenvalue weighted by molar-refractivity contribution is -0.144. The molecule has 2 fully saturated rings. The summed E-state index contributed by atoms with van der Waals surface area (Å²) in [5.41, 5.74) is 8.87. The molecule has 1 aromatic carbocycles. The Hall–Kier alpha value is -1.84. The summed E-state index contributed by atoms with van der Waals surface area (Å²) >= 11 is 0. The van der Waals surface area contributed by atoms with Gasteiger partial charge in [0.05, 0.1) is 17.9 Å². The van der Waals surface area contributed by atoms with Crippen LogP contribution in [0.2, 0.25) is 0 Å². The number of imide groups is 1. The van der Waals surface area contributed by atoms with Gasteiger partial charge in [-0.3, -0.25) is 14.5 Å². The maximum atomic E-state index is 12.2. The summed E-state index contributed by atoms with van der Waals surface area (Å²) in [6.45, 7) is 0. The van der Waals surface area contributed by atoms with E-state index < -0.39 is 0 Å². The van der Waals surface area contributed by atoms with Gasteiger partial charge in [-0.2, -0.15) is 0 Å². The summed E-state index contributed by atoms with van der Waals surface area (Å²) < 4.78 is 0. The number of benzene rings is 1. The zero-order chi connectivity index (χ0) is 13.1. The minimum Gasteiger partial charge on any atom is -0.399 e. The second-order valence-corrected chi connectivity index (χ2v) is 5.86. The van der Waals surface area contributed by atoms with E-state index >= 15 is 0 Å². The molecular formula is C15H16N2O2. The lowest BCUT2D eigenvalue weighted by Crippen LogP contribution is -2.38. The Morgan fingerprint density at radius 2 is 1.89 bits per heavy atom. The topological polar surface area (TPSA) is 63.4 Å². The predicted octanol–water partition coefficient (Wildman–Crippen LogP) is 1.65. The average Bonchev–Trinajstić information content (AvgIpc) is 3.14. The molecule has 4 rings (SSSR count). The summed E-state index contributed by atoms with van der Waals surface area (Å²) in [6.07, 6.45) is 3.65. The highest BCUT2D eigenvalue weighted by Gasteiger charge is 2.60. The first-order valence-corrected chi connectivity index (χ1v) is 6.92. The molecule has 4 heteroatoms. The van der Waals surface area contributed by atoms with Gasteiger partial charge >= 0.3 is 0 Å².